The zero-order valence-electron chi connectivity index (χ0n) is 13.9. The van der Waals surface area contributed by atoms with E-state index in [0.29, 0.717) is 0 Å². The van der Waals surface area contributed by atoms with Crippen LogP contribution in [-0.4, -0.2) is 88.4 Å². The molecular formula is C11H19N7O8S. The predicted octanol–water partition coefficient (Wildman–Crippen LogP) is -4.66. The molecule has 1 amide bonds. The Balaban J connectivity index is 2.13. The largest absolute Gasteiger partial charge is 0.447 e. The number of aliphatic imine (C=N–C) groups is 2. The molecule has 27 heavy (non-hydrogen) atoms. The second kappa shape index (κ2) is 5.55. The number of ether oxygens (including phenoxy) is 1. The molecule has 0 saturated carbocycles. The van der Waals surface area contributed by atoms with Gasteiger partial charge in [-0.2, -0.15) is 8.42 Å². The summed E-state index contributed by atoms with van der Waals surface area (Å²) in [6.45, 7) is 0.503. The first kappa shape index (κ1) is 19.4. The van der Waals surface area contributed by atoms with E-state index in [0.717, 1.165) is 4.90 Å². The van der Waals surface area contributed by atoms with Crippen molar-refractivity contribution in [2.24, 2.45) is 27.2 Å². The SMILES string of the molecule is C[C@@]12NC(N)=N[C@]13N(C[C@@H](OS(=O)(=O)O)C3(O)O)C(N)=N[C@H]2COC(N)=O. The van der Waals surface area contributed by atoms with Crippen LogP contribution in [0.5, 0.6) is 0 Å². The number of nitrogens with zero attached hydrogens (tertiary/aromatic N) is 3. The molecular weight excluding hydrogens is 390 g/mol. The summed E-state index contributed by atoms with van der Waals surface area (Å²) >= 11 is 0. The van der Waals surface area contributed by atoms with E-state index in [2.05, 4.69) is 19.5 Å². The number of rotatable bonds is 4. The molecule has 1 saturated heterocycles. The van der Waals surface area contributed by atoms with Crippen LogP contribution in [0.4, 0.5) is 4.79 Å². The van der Waals surface area contributed by atoms with Crippen molar-refractivity contribution in [2.45, 2.75) is 36.1 Å². The second-order valence-electron chi connectivity index (χ2n) is 6.48. The van der Waals surface area contributed by atoms with Crippen molar-refractivity contribution in [3.63, 3.8) is 0 Å². The van der Waals surface area contributed by atoms with Gasteiger partial charge in [-0.1, -0.05) is 0 Å². The zero-order chi connectivity index (χ0) is 20.4. The van der Waals surface area contributed by atoms with E-state index in [4.69, 9.17) is 26.5 Å². The van der Waals surface area contributed by atoms with Crippen LogP contribution in [0.1, 0.15) is 6.92 Å². The van der Waals surface area contributed by atoms with E-state index in [-0.39, 0.29) is 11.9 Å². The highest BCUT2D eigenvalue weighted by atomic mass is 32.3. The summed E-state index contributed by atoms with van der Waals surface area (Å²) < 4.78 is 40.4. The molecule has 0 aromatic heterocycles. The molecule has 1 fully saturated rings. The van der Waals surface area contributed by atoms with E-state index in [1.165, 1.54) is 6.92 Å². The Bertz CT molecular complexity index is 844. The number of carbonyl (C=O) groups is 1. The van der Waals surface area contributed by atoms with Crippen molar-refractivity contribution in [1.82, 2.24) is 10.2 Å². The van der Waals surface area contributed by atoms with Crippen molar-refractivity contribution >= 4 is 28.4 Å². The first-order valence-corrected chi connectivity index (χ1v) is 8.88. The van der Waals surface area contributed by atoms with Gasteiger partial charge in [-0.05, 0) is 6.92 Å². The molecule has 0 aliphatic carbocycles. The fraction of sp³-hybridized carbons (Fsp3) is 0.727. The zero-order valence-corrected chi connectivity index (χ0v) is 14.8. The molecule has 1 spiro atoms. The second-order valence-corrected chi connectivity index (χ2v) is 7.53. The Morgan fingerprint density at radius 1 is 1.44 bits per heavy atom. The third-order valence-corrected chi connectivity index (χ3v) is 5.42. The highest BCUT2D eigenvalue weighted by Crippen LogP contribution is 2.52. The standard InChI is InChI=1S/C11H19N7O8S/c1-9-4(3-25-8(14)19)15-7(13)18-2-5(26-27(22,23)24)10(20,21)11(9,18)17-6(12)16-9/h4-5,20-21H,2-3H2,1H3,(H2,13,15)(H2,14,19)(H3,12,16,17)(H,22,23,24)/t4-,5+,9-,11-/m0/s1. The monoisotopic (exact) mass is 409 g/mol. The molecule has 10 N–H and O–H groups in total. The van der Waals surface area contributed by atoms with Crippen LogP contribution in [-0.2, 0) is 19.3 Å². The summed E-state index contributed by atoms with van der Waals surface area (Å²) in [5, 5.41) is 24.4. The maximum Gasteiger partial charge on any atom is 0.404 e. The Kier molecular flexibility index (Phi) is 3.98. The average Bonchev–Trinajstić information content (AvgIpc) is 2.89. The van der Waals surface area contributed by atoms with Gasteiger partial charge >= 0.3 is 16.5 Å². The number of hydrogen-bond donors (Lipinski definition) is 7. The molecule has 152 valence electrons. The minimum absolute atomic E-state index is 0.239. The molecule has 3 aliphatic heterocycles. The number of aliphatic hydroxyl groups is 2. The van der Waals surface area contributed by atoms with Crippen molar-refractivity contribution in [1.29, 1.82) is 0 Å². The van der Waals surface area contributed by atoms with Gasteiger partial charge in [-0.15, -0.1) is 0 Å². The summed E-state index contributed by atoms with van der Waals surface area (Å²) in [5.74, 6) is -3.53. The van der Waals surface area contributed by atoms with Gasteiger partial charge in [0.25, 0.3) is 0 Å². The Labute approximate surface area is 152 Å². The Hall–Kier alpha value is -2.40. The lowest BCUT2D eigenvalue weighted by Crippen LogP contribution is -2.79. The van der Waals surface area contributed by atoms with E-state index in [9.17, 15) is 23.4 Å². The van der Waals surface area contributed by atoms with Crippen LogP contribution in [0.3, 0.4) is 0 Å². The lowest BCUT2D eigenvalue weighted by molar-refractivity contribution is -0.258. The third kappa shape index (κ3) is 2.56. The Morgan fingerprint density at radius 2 is 2.07 bits per heavy atom. The highest BCUT2D eigenvalue weighted by Gasteiger charge is 2.79. The Morgan fingerprint density at radius 3 is 2.63 bits per heavy atom. The smallest absolute Gasteiger partial charge is 0.404 e. The first-order chi connectivity index (χ1) is 12.2. The van der Waals surface area contributed by atoms with Crippen molar-refractivity contribution in [2.75, 3.05) is 13.2 Å². The summed E-state index contributed by atoms with van der Waals surface area (Å²) in [7, 11) is -5.05. The summed E-state index contributed by atoms with van der Waals surface area (Å²) in [4.78, 5) is 20.2. The average molecular weight is 409 g/mol. The van der Waals surface area contributed by atoms with Crippen LogP contribution in [0, 0.1) is 0 Å². The predicted molar refractivity (Wildman–Crippen MR) is 87.1 cm³/mol. The fourth-order valence-electron chi connectivity index (χ4n) is 3.87. The number of guanidine groups is 2. The van der Waals surface area contributed by atoms with Gasteiger partial charge in [0, 0.05) is 0 Å². The van der Waals surface area contributed by atoms with Crippen LogP contribution in [0.25, 0.3) is 0 Å². The molecule has 0 aromatic carbocycles. The number of hydrogen-bond acceptors (Lipinski definition) is 13. The molecule has 3 rings (SSSR count). The van der Waals surface area contributed by atoms with Crippen LogP contribution < -0.4 is 22.5 Å². The molecule has 4 atom stereocenters. The van der Waals surface area contributed by atoms with Crippen LogP contribution in [0.2, 0.25) is 0 Å². The summed E-state index contributed by atoms with van der Waals surface area (Å²) in [6.07, 6.45) is -3.00. The van der Waals surface area contributed by atoms with Gasteiger partial charge in [0.2, 0.25) is 11.4 Å². The topological polar surface area (TPSA) is 248 Å². The van der Waals surface area contributed by atoms with Gasteiger partial charge in [-0.3, -0.25) is 4.55 Å². The van der Waals surface area contributed by atoms with Crippen LogP contribution in [0.15, 0.2) is 9.98 Å². The quantitative estimate of drug-likeness (QED) is 0.171. The van der Waals surface area contributed by atoms with E-state index in [1.54, 1.807) is 0 Å². The van der Waals surface area contributed by atoms with Gasteiger partial charge in [0.05, 0.1) is 6.54 Å². The van der Waals surface area contributed by atoms with Gasteiger partial charge < -0.3 is 42.4 Å². The molecule has 3 heterocycles. The summed E-state index contributed by atoms with van der Waals surface area (Å²) in [6, 6.07) is -1.05. The van der Waals surface area contributed by atoms with Crippen molar-refractivity contribution in [3.8, 4) is 0 Å². The van der Waals surface area contributed by atoms with Crippen molar-refractivity contribution < 1.29 is 36.9 Å². The molecule has 0 unspecified atom stereocenters. The van der Waals surface area contributed by atoms with E-state index >= 15 is 0 Å². The minimum Gasteiger partial charge on any atom is -0.447 e. The van der Waals surface area contributed by atoms with Crippen LogP contribution >= 0.6 is 0 Å². The minimum atomic E-state index is -5.05. The van der Waals surface area contributed by atoms with E-state index < -0.39 is 58.8 Å². The van der Waals surface area contributed by atoms with Gasteiger partial charge in [0.15, 0.2) is 18.0 Å². The number of nitrogens with two attached hydrogens (primary N) is 3. The fourth-order valence-corrected chi connectivity index (χ4v) is 4.36. The number of carbonyl (C=O) groups excluding carboxylic acids is 1. The maximum absolute atomic E-state index is 11.1. The van der Waals surface area contributed by atoms with Crippen molar-refractivity contribution in [3.05, 3.63) is 0 Å². The molecule has 16 heteroatoms. The number of primary amides is 1. The lowest BCUT2D eigenvalue weighted by Gasteiger charge is -2.53. The van der Waals surface area contributed by atoms with Gasteiger partial charge in [-0.25, -0.2) is 19.0 Å². The first-order valence-electron chi connectivity index (χ1n) is 7.51. The maximum atomic E-state index is 11.1. The number of amides is 1. The molecule has 0 bridgehead atoms. The number of nitrogens with one attached hydrogen (secondary N) is 1. The highest BCUT2D eigenvalue weighted by molar-refractivity contribution is 7.80. The molecule has 0 radical (unpaired) electrons. The molecule has 3 aliphatic rings. The van der Waals surface area contributed by atoms with E-state index in [1.807, 2.05) is 0 Å². The molecule has 0 aromatic rings. The summed E-state index contributed by atoms with van der Waals surface area (Å²) in [5.41, 5.74) is 12.9. The normalized spacial score (nSPS) is 37.0. The molecule has 15 nitrogen and oxygen atoms in total. The third-order valence-electron chi connectivity index (χ3n) is 4.95. The lowest BCUT2D eigenvalue weighted by atomic mass is 9.74. The van der Waals surface area contributed by atoms with Gasteiger partial charge in [0.1, 0.15) is 18.2 Å².